The number of likely N-dealkylation sites (tertiary alicyclic amines) is 1. The lowest BCUT2D eigenvalue weighted by Crippen LogP contribution is -2.57. The molecule has 1 heterocycles. The molecule has 14 nitrogen and oxygen atoms in total. The molecule has 0 aromatic rings. The first-order chi connectivity index (χ1) is 16.4. The van der Waals surface area contributed by atoms with Gasteiger partial charge in [-0.3, -0.25) is 24.2 Å². The van der Waals surface area contributed by atoms with Crippen molar-refractivity contribution in [2.45, 2.75) is 76.5 Å². The van der Waals surface area contributed by atoms with Gasteiger partial charge in [-0.05, 0) is 31.6 Å². The molecule has 0 aromatic carbocycles. The van der Waals surface area contributed by atoms with E-state index in [0.717, 1.165) is 0 Å². The molecule has 10 N–H and O–H groups in total. The second-order valence-electron chi connectivity index (χ2n) is 8.61. The van der Waals surface area contributed by atoms with Crippen LogP contribution in [0, 0.1) is 5.92 Å². The number of nitrogens with zero attached hydrogens (tertiary/aromatic N) is 2. The van der Waals surface area contributed by atoms with Crippen molar-refractivity contribution in [3.8, 4) is 0 Å². The second kappa shape index (κ2) is 14.1. The quantitative estimate of drug-likeness (QED) is 0.0781. The first-order valence-corrected chi connectivity index (χ1v) is 11.6. The molecule has 35 heavy (non-hydrogen) atoms. The standard InChI is InChI=1S/C21H37N7O7/c1-3-11(2)16(22)18(32)27-13(10-15(29)30)19(33)28-9-5-7-14(28)17(31)26-12(20(34)35)6-4-8-25-21(23)24/h11-14,16H,3-10,22H2,1-2H3,(H,26,31)(H,27,32)(H,29,30)(H,34,35)(H4,23,24,25). The van der Waals surface area contributed by atoms with Gasteiger partial charge in [0.15, 0.2) is 5.96 Å². The number of carbonyl (C=O) groups is 5. The van der Waals surface area contributed by atoms with Gasteiger partial charge in [-0.15, -0.1) is 0 Å². The highest BCUT2D eigenvalue weighted by atomic mass is 16.4. The van der Waals surface area contributed by atoms with E-state index in [1.54, 1.807) is 6.92 Å². The molecular formula is C21H37N7O7. The summed E-state index contributed by atoms with van der Waals surface area (Å²) in [6.07, 6.45) is 0.988. The highest BCUT2D eigenvalue weighted by Crippen LogP contribution is 2.20. The van der Waals surface area contributed by atoms with Gasteiger partial charge >= 0.3 is 11.9 Å². The fourth-order valence-electron chi connectivity index (χ4n) is 3.69. The van der Waals surface area contributed by atoms with Crippen LogP contribution in [0.1, 0.15) is 52.4 Å². The molecular weight excluding hydrogens is 462 g/mol. The third-order valence-corrected chi connectivity index (χ3v) is 5.95. The molecule has 0 aromatic heterocycles. The summed E-state index contributed by atoms with van der Waals surface area (Å²) in [5.41, 5.74) is 16.4. The van der Waals surface area contributed by atoms with E-state index in [1.165, 1.54) is 4.90 Å². The van der Waals surface area contributed by atoms with Crippen molar-refractivity contribution in [1.82, 2.24) is 15.5 Å². The summed E-state index contributed by atoms with van der Waals surface area (Å²) < 4.78 is 0. The smallest absolute Gasteiger partial charge is 0.326 e. The first kappa shape index (κ1) is 29.6. The van der Waals surface area contributed by atoms with Crippen molar-refractivity contribution in [3.63, 3.8) is 0 Å². The molecule has 0 aliphatic carbocycles. The Kier molecular flexibility index (Phi) is 11.9. The Labute approximate surface area is 203 Å². The number of guanidine groups is 1. The average molecular weight is 500 g/mol. The fourth-order valence-corrected chi connectivity index (χ4v) is 3.69. The number of hydrogen-bond donors (Lipinski definition) is 7. The Bertz CT molecular complexity index is 816. The summed E-state index contributed by atoms with van der Waals surface area (Å²) in [6, 6.07) is -4.58. The summed E-state index contributed by atoms with van der Waals surface area (Å²) >= 11 is 0. The largest absolute Gasteiger partial charge is 0.481 e. The van der Waals surface area contributed by atoms with E-state index in [-0.39, 0.29) is 37.8 Å². The zero-order valence-electron chi connectivity index (χ0n) is 20.1. The Morgan fingerprint density at radius 1 is 1.11 bits per heavy atom. The van der Waals surface area contributed by atoms with Crippen molar-refractivity contribution in [3.05, 3.63) is 0 Å². The van der Waals surface area contributed by atoms with Gasteiger partial charge in [0.05, 0.1) is 12.5 Å². The van der Waals surface area contributed by atoms with Crippen LogP contribution in [-0.4, -0.2) is 88.0 Å². The number of carbonyl (C=O) groups excluding carboxylic acids is 3. The Hall–Kier alpha value is -3.42. The summed E-state index contributed by atoms with van der Waals surface area (Å²) in [5, 5.41) is 23.5. The Balaban J connectivity index is 2.92. The molecule has 3 amide bonds. The summed E-state index contributed by atoms with van der Waals surface area (Å²) in [4.78, 5) is 66.4. The van der Waals surface area contributed by atoms with E-state index in [2.05, 4.69) is 15.6 Å². The van der Waals surface area contributed by atoms with Crippen LogP contribution in [-0.2, 0) is 24.0 Å². The Morgan fingerprint density at radius 2 is 1.77 bits per heavy atom. The molecule has 1 aliphatic rings. The minimum Gasteiger partial charge on any atom is -0.481 e. The number of carboxylic acid groups (broad SMARTS) is 2. The van der Waals surface area contributed by atoms with Gasteiger partial charge in [0.2, 0.25) is 17.7 Å². The average Bonchev–Trinajstić information content (AvgIpc) is 3.28. The maximum Gasteiger partial charge on any atom is 0.326 e. The molecule has 1 rings (SSSR count). The van der Waals surface area contributed by atoms with E-state index in [9.17, 15) is 34.2 Å². The van der Waals surface area contributed by atoms with Gasteiger partial charge in [0.1, 0.15) is 18.1 Å². The van der Waals surface area contributed by atoms with E-state index in [4.69, 9.17) is 17.2 Å². The minimum absolute atomic E-state index is 0.0592. The van der Waals surface area contributed by atoms with E-state index < -0.39 is 60.2 Å². The number of rotatable bonds is 14. The normalized spacial score (nSPS) is 18.6. The van der Waals surface area contributed by atoms with Crippen LogP contribution in [0.15, 0.2) is 4.99 Å². The van der Waals surface area contributed by atoms with Crippen LogP contribution in [0.25, 0.3) is 0 Å². The Morgan fingerprint density at radius 3 is 2.31 bits per heavy atom. The highest BCUT2D eigenvalue weighted by Gasteiger charge is 2.40. The lowest BCUT2D eigenvalue weighted by Gasteiger charge is -2.30. The van der Waals surface area contributed by atoms with Gasteiger partial charge in [-0.2, -0.15) is 0 Å². The first-order valence-electron chi connectivity index (χ1n) is 11.6. The number of nitrogens with two attached hydrogens (primary N) is 3. The molecule has 5 unspecified atom stereocenters. The van der Waals surface area contributed by atoms with Gasteiger partial charge in [0, 0.05) is 13.1 Å². The van der Waals surface area contributed by atoms with Gasteiger partial charge < -0.3 is 42.9 Å². The van der Waals surface area contributed by atoms with Crippen LogP contribution < -0.4 is 27.8 Å². The van der Waals surface area contributed by atoms with Crippen LogP contribution in [0.3, 0.4) is 0 Å². The van der Waals surface area contributed by atoms with Gasteiger partial charge in [0.25, 0.3) is 0 Å². The fraction of sp³-hybridized carbons (Fsp3) is 0.714. The highest BCUT2D eigenvalue weighted by molar-refractivity contribution is 5.96. The van der Waals surface area contributed by atoms with Crippen molar-refractivity contribution in [1.29, 1.82) is 0 Å². The molecule has 0 radical (unpaired) electrons. The van der Waals surface area contributed by atoms with Gasteiger partial charge in [-0.25, -0.2) is 4.79 Å². The number of nitrogens with one attached hydrogen (secondary N) is 2. The minimum atomic E-state index is -1.42. The molecule has 14 heteroatoms. The molecule has 5 atom stereocenters. The molecule has 1 saturated heterocycles. The van der Waals surface area contributed by atoms with Crippen LogP contribution in [0.2, 0.25) is 0 Å². The van der Waals surface area contributed by atoms with Crippen LogP contribution in [0.5, 0.6) is 0 Å². The zero-order chi connectivity index (χ0) is 26.7. The second-order valence-corrected chi connectivity index (χ2v) is 8.61. The number of aliphatic carboxylic acids is 2. The third-order valence-electron chi connectivity index (χ3n) is 5.95. The predicted octanol–water partition coefficient (Wildman–Crippen LogP) is -2.07. The van der Waals surface area contributed by atoms with Crippen molar-refractivity contribution < 1.29 is 34.2 Å². The monoisotopic (exact) mass is 499 g/mol. The maximum atomic E-state index is 13.2. The van der Waals surface area contributed by atoms with Crippen molar-refractivity contribution in [2.24, 2.45) is 28.1 Å². The van der Waals surface area contributed by atoms with E-state index in [1.807, 2.05) is 6.92 Å². The molecule has 0 bridgehead atoms. The summed E-state index contributed by atoms with van der Waals surface area (Å²) in [5.74, 6) is -4.97. The lowest BCUT2D eigenvalue weighted by atomic mass is 9.99. The molecule has 0 spiro atoms. The lowest BCUT2D eigenvalue weighted by molar-refractivity contribution is -0.147. The SMILES string of the molecule is CCC(C)C(N)C(=O)NC(CC(=O)O)C(=O)N1CCCC1C(=O)NC(CCCN=C(N)N)C(=O)O. The molecule has 1 aliphatic heterocycles. The third kappa shape index (κ3) is 9.39. The number of aliphatic imine (C=N–C) groups is 1. The topological polar surface area (TPSA) is 244 Å². The van der Waals surface area contributed by atoms with Gasteiger partial charge in [-0.1, -0.05) is 20.3 Å². The molecule has 0 saturated carbocycles. The zero-order valence-corrected chi connectivity index (χ0v) is 20.1. The number of amides is 3. The van der Waals surface area contributed by atoms with E-state index >= 15 is 0 Å². The summed E-state index contributed by atoms with van der Waals surface area (Å²) in [7, 11) is 0. The van der Waals surface area contributed by atoms with Crippen molar-refractivity contribution in [2.75, 3.05) is 13.1 Å². The van der Waals surface area contributed by atoms with Crippen LogP contribution in [0.4, 0.5) is 0 Å². The van der Waals surface area contributed by atoms with Crippen molar-refractivity contribution >= 4 is 35.6 Å². The molecule has 198 valence electrons. The predicted molar refractivity (Wildman–Crippen MR) is 126 cm³/mol. The van der Waals surface area contributed by atoms with Crippen LogP contribution >= 0.6 is 0 Å². The molecule has 1 fully saturated rings. The van der Waals surface area contributed by atoms with E-state index in [0.29, 0.717) is 19.3 Å². The summed E-state index contributed by atoms with van der Waals surface area (Å²) in [6.45, 7) is 3.94. The maximum absolute atomic E-state index is 13.2. The number of carboxylic acids is 2. The number of hydrogen-bond acceptors (Lipinski definition) is 7.